The van der Waals surface area contributed by atoms with E-state index in [0.29, 0.717) is 6.42 Å². The lowest BCUT2D eigenvalue weighted by molar-refractivity contribution is 0.541. The van der Waals surface area contributed by atoms with E-state index in [1.54, 1.807) is 19.3 Å². The van der Waals surface area contributed by atoms with Gasteiger partial charge in [0, 0.05) is 35.1 Å². The van der Waals surface area contributed by atoms with E-state index < -0.39 is 15.3 Å². The molecule has 0 bridgehead atoms. The number of nitrogens with one attached hydrogen (secondary N) is 2. The van der Waals surface area contributed by atoms with Crippen molar-refractivity contribution in [2.45, 2.75) is 44.4 Å². The minimum Gasteiger partial charge on any atom is -0.337 e. The Morgan fingerprint density at radius 3 is 2.53 bits per heavy atom. The van der Waals surface area contributed by atoms with Crippen molar-refractivity contribution in [1.29, 1.82) is 0 Å². The van der Waals surface area contributed by atoms with E-state index in [2.05, 4.69) is 32.9 Å². The molecular weight excluding hydrogens is 444 g/mol. The fourth-order valence-electron chi connectivity index (χ4n) is 4.46. The number of aryl methyl sites for hydroxylation is 1. The molecule has 0 fully saturated rings. The Hall–Kier alpha value is -3.29. The number of H-pyrrole nitrogens is 1. The first-order valence-electron chi connectivity index (χ1n) is 11.7. The van der Waals surface area contributed by atoms with Crippen molar-refractivity contribution in [3.05, 3.63) is 84.2 Å². The molecule has 0 aliphatic heterocycles. The zero-order valence-electron chi connectivity index (χ0n) is 19.3. The van der Waals surface area contributed by atoms with Gasteiger partial charge in [0.05, 0.1) is 16.6 Å². The summed E-state index contributed by atoms with van der Waals surface area (Å²) in [5.74, 6) is 0.808. The number of sulfonamides is 1. The van der Waals surface area contributed by atoms with Gasteiger partial charge in [-0.05, 0) is 55.5 Å². The highest BCUT2D eigenvalue weighted by molar-refractivity contribution is 7.90. The number of imidazole rings is 1. The Balaban J connectivity index is 1.53. The summed E-state index contributed by atoms with van der Waals surface area (Å²) < 4.78 is 28.2. The average Bonchev–Trinajstić information content (AvgIpc) is 3.49. The van der Waals surface area contributed by atoms with Crippen LogP contribution in [0.4, 0.5) is 0 Å². The van der Waals surface area contributed by atoms with Gasteiger partial charge in [0.25, 0.3) is 0 Å². The quantitative estimate of drug-likeness (QED) is 0.371. The molecule has 0 saturated carbocycles. The molecule has 4 aromatic rings. The third-order valence-electron chi connectivity index (χ3n) is 6.63. The zero-order chi connectivity index (χ0) is 23.7. The molecular formula is C27H28N4O2S. The number of hydrogen-bond donors (Lipinski definition) is 2. The van der Waals surface area contributed by atoms with Crippen LogP contribution in [0.3, 0.4) is 0 Å². The lowest BCUT2D eigenvalue weighted by atomic mass is 10.0. The van der Waals surface area contributed by atoms with E-state index in [1.165, 1.54) is 5.56 Å². The first kappa shape index (κ1) is 22.5. The Kier molecular flexibility index (Phi) is 6.06. The van der Waals surface area contributed by atoms with Gasteiger partial charge >= 0.3 is 0 Å². The standard InChI is InChI=1S/C27H28N4O2S/c1-3-18(2)34(32,33)31-24-12-10-21-17-22(9-11-23(21)24)26-25(19-13-15-28-16-14-19)29-27(30-26)20-7-5-4-6-8-20/h4-9,11,13-18,24,31H,3,10,12H2,1-2H3,(H,29,30). The number of fused-ring (bicyclic) bond motifs is 1. The molecule has 2 heterocycles. The van der Waals surface area contributed by atoms with Crippen LogP contribution in [0.2, 0.25) is 0 Å². The fourth-order valence-corrected chi connectivity index (χ4v) is 5.78. The normalized spacial score (nSPS) is 16.4. The molecule has 34 heavy (non-hydrogen) atoms. The molecule has 0 spiro atoms. The molecule has 1 aliphatic carbocycles. The smallest absolute Gasteiger partial charge is 0.214 e. The van der Waals surface area contributed by atoms with Crippen LogP contribution in [-0.4, -0.2) is 28.6 Å². The predicted molar refractivity (Wildman–Crippen MR) is 136 cm³/mol. The summed E-state index contributed by atoms with van der Waals surface area (Å²) in [7, 11) is -3.34. The minimum absolute atomic E-state index is 0.177. The van der Waals surface area contributed by atoms with Crippen LogP contribution < -0.4 is 4.72 Å². The molecule has 174 valence electrons. The number of benzene rings is 2. The second kappa shape index (κ2) is 9.16. The Morgan fingerprint density at radius 2 is 1.79 bits per heavy atom. The van der Waals surface area contributed by atoms with Gasteiger partial charge in [0.1, 0.15) is 5.82 Å². The number of pyridine rings is 1. The lowest BCUT2D eigenvalue weighted by Gasteiger charge is -2.18. The average molecular weight is 473 g/mol. The first-order valence-corrected chi connectivity index (χ1v) is 13.2. The van der Waals surface area contributed by atoms with Gasteiger partial charge < -0.3 is 4.98 Å². The van der Waals surface area contributed by atoms with Crippen molar-refractivity contribution in [2.24, 2.45) is 0 Å². The molecule has 2 N–H and O–H groups in total. The molecule has 2 atom stereocenters. The van der Waals surface area contributed by atoms with E-state index in [0.717, 1.165) is 52.3 Å². The third kappa shape index (κ3) is 4.29. The second-order valence-corrected chi connectivity index (χ2v) is 10.9. The largest absolute Gasteiger partial charge is 0.337 e. The van der Waals surface area contributed by atoms with Crippen molar-refractivity contribution in [3.63, 3.8) is 0 Å². The highest BCUT2D eigenvalue weighted by atomic mass is 32.2. The van der Waals surface area contributed by atoms with Gasteiger partial charge in [0.2, 0.25) is 10.0 Å². The molecule has 0 saturated heterocycles. The van der Waals surface area contributed by atoms with Gasteiger partial charge in [-0.1, -0.05) is 49.4 Å². The van der Waals surface area contributed by atoms with Gasteiger partial charge in [-0.2, -0.15) is 0 Å². The van der Waals surface area contributed by atoms with E-state index in [1.807, 2.05) is 49.4 Å². The lowest BCUT2D eigenvalue weighted by Crippen LogP contribution is -2.34. The monoisotopic (exact) mass is 472 g/mol. The van der Waals surface area contributed by atoms with Crippen molar-refractivity contribution in [2.75, 3.05) is 0 Å². The summed E-state index contributed by atoms with van der Waals surface area (Å²) in [4.78, 5) is 12.6. The molecule has 2 aromatic heterocycles. The predicted octanol–water partition coefficient (Wildman–Crippen LogP) is 5.51. The third-order valence-corrected chi connectivity index (χ3v) is 8.63. The van der Waals surface area contributed by atoms with Crippen LogP contribution in [0.5, 0.6) is 0 Å². The van der Waals surface area contributed by atoms with Crippen LogP contribution in [0, 0.1) is 0 Å². The molecule has 5 rings (SSSR count). The van der Waals surface area contributed by atoms with Crippen LogP contribution in [-0.2, 0) is 16.4 Å². The summed E-state index contributed by atoms with van der Waals surface area (Å²) in [6.07, 6.45) is 5.74. The van der Waals surface area contributed by atoms with Crippen LogP contribution >= 0.6 is 0 Å². The van der Waals surface area contributed by atoms with Crippen molar-refractivity contribution >= 4 is 10.0 Å². The van der Waals surface area contributed by atoms with E-state index >= 15 is 0 Å². The molecule has 2 unspecified atom stereocenters. The summed E-state index contributed by atoms with van der Waals surface area (Å²) in [6.45, 7) is 3.65. The summed E-state index contributed by atoms with van der Waals surface area (Å²) in [5.41, 5.74) is 7.08. The van der Waals surface area contributed by atoms with Gasteiger partial charge in [-0.3, -0.25) is 4.98 Å². The van der Waals surface area contributed by atoms with Crippen LogP contribution in [0.25, 0.3) is 33.9 Å². The van der Waals surface area contributed by atoms with E-state index in [4.69, 9.17) is 4.98 Å². The van der Waals surface area contributed by atoms with Gasteiger partial charge in [0.15, 0.2) is 0 Å². The molecule has 0 amide bonds. The summed E-state index contributed by atoms with van der Waals surface area (Å²) in [6, 6.07) is 20.1. The summed E-state index contributed by atoms with van der Waals surface area (Å²) in [5, 5.41) is -0.403. The van der Waals surface area contributed by atoms with E-state index in [-0.39, 0.29) is 6.04 Å². The first-order chi connectivity index (χ1) is 16.5. The SMILES string of the molecule is CCC(C)S(=O)(=O)NC1CCc2cc(-c3[nH]c(-c4ccccc4)nc3-c3ccncc3)ccc21. The number of rotatable bonds is 7. The maximum atomic E-state index is 12.6. The molecule has 0 radical (unpaired) electrons. The van der Waals surface area contributed by atoms with Crippen LogP contribution in [0.15, 0.2) is 73.1 Å². The van der Waals surface area contributed by atoms with Crippen molar-refractivity contribution in [3.8, 4) is 33.9 Å². The maximum Gasteiger partial charge on any atom is 0.214 e. The summed E-state index contributed by atoms with van der Waals surface area (Å²) >= 11 is 0. The topological polar surface area (TPSA) is 87.7 Å². The van der Waals surface area contributed by atoms with Crippen molar-refractivity contribution < 1.29 is 8.42 Å². The second-order valence-electron chi connectivity index (χ2n) is 8.80. The van der Waals surface area contributed by atoms with Crippen molar-refractivity contribution in [1.82, 2.24) is 19.7 Å². The van der Waals surface area contributed by atoms with Gasteiger partial charge in [-0.25, -0.2) is 18.1 Å². The fraction of sp³-hybridized carbons (Fsp3) is 0.259. The number of aromatic nitrogens is 3. The minimum atomic E-state index is -3.34. The Morgan fingerprint density at radius 1 is 1.03 bits per heavy atom. The number of hydrogen-bond acceptors (Lipinski definition) is 4. The number of nitrogens with zero attached hydrogens (tertiary/aromatic N) is 2. The highest BCUT2D eigenvalue weighted by Crippen LogP contribution is 2.38. The molecule has 1 aliphatic rings. The van der Waals surface area contributed by atoms with E-state index in [9.17, 15) is 8.42 Å². The number of aromatic amines is 1. The van der Waals surface area contributed by atoms with Gasteiger partial charge in [-0.15, -0.1) is 0 Å². The van der Waals surface area contributed by atoms with Crippen LogP contribution in [0.1, 0.15) is 43.9 Å². The molecule has 2 aromatic carbocycles. The Labute approximate surface area is 200 Å². The highest BCUT2D eigenvalue weighted by Gasteiger charge is 2.29. The Bertz CT molecular complexity index is 1400. The maximum absolute atomic E-state index is 12.6. The zero-order valence-corrected chi connectivity index (χ0v) is 20.1. The molecule has 6 nitrogen and oxygen atoms in total. The molecule has 7 heteroatoms.